The molecule has 2 saturated carbocycles. The van der Waals surface area contributed by atoms with Gasteiger partial charge in [-0.3, -0.25) is 0 Å². The molecule has 16 heavy (non-hydrogen) atoms. The van der Waals surface area contributed by atoms with Gasteiger partial charge in [-0.2, -0.15) is 0 Å². The van der Waals surface area contributed by atoms with Gasteiger partial charge in [0.05, 0.1) is 6.10 Å². The van der Waals surface area contributed by atoms with E-state index in [0.717, 1.165) is 12.3 Å². The van der Waals surface area contributed by atoms with Crippen LogP contribution in [0.2, 0.25) is 0 Å². The van der Waals surface area contributed by atoms with Gasteiger partial charge in [-0.25, -0.2) is 0 Å². The number of aliphatic hydroxyl groups is 1. The first kappa shape index (κ1) is 12.4. The summed E-state index contributed by atoms with van der Waals surface area (Å²) in [7, 11) is 0. The fourth-order valence-corrected chi connectivity index (χ4v) is 3.13. The zero-order valence-electron chi connectivity index (χ0n) is 10.8. The Morgan fingerprint density at radius 1 is 1.12 bits per heavy atom. The fourth-order valence-electron chi connectivity index (χ4n) is 3.13. The summed E-state index contributed by atoms with van der Waals surface area (Å²) in [6.45, 7) is 5.51. The Labute approximate surface area is 99.8 Å². The molecular formula is C14H27NO. The van der Waals surface area contributed by atoms with E-state index in [0.29, 0.717) is 6.04 Å². The van der Waals surface area contributed by atoms with E-state index in [4.69, 9.17) is 0 Å². The highest BCUT2D eigenvalue weighted by Crippen LogP contribution is 2.40. The first-order valence-electron chi connectivity index (χ1n) is 7.02. The highest BCUT2D eigenvalue weighted by Gasteiger charge is 2.46. The van der Waals surface area contributed by atoms with Crippen LogP contribution >= 0.6 is 0 Å². The van der Waals surface area contributed by atoms with Crippen molar-refractivity contribution >= 4 is 0 Å². The molecule has 2 rings (SSSR count). The van der Waals surface area contributed by atoms with Crippen LogP contribution in [-0.2, 0) is 0 Å². The van der Waals surface area contributed by atoms with Crippen LogP contribution in [0.5, 0.6) is 0 Å². The lowest BCUT2D eigenvalue weighted by atomic mass is 9.64. The lowest BCUT2D eigenvalue weighted by Gasteiger charge is -2.50. The molecule has 2 aliphatic carbocycles. The first-order valence-corrected chi connectivity index (χ1v) is 7.02. The van der Waals surface area contributed by atoms with Crippen LogP contribution in [0.1, 0.15) is 58.8 Å². The zero-order valence-corrected chi connectivity index (χ0v) is 10.8. The lowest BCUT2D eigenvalue weighted by Crippen LogP contribution is -2.60. The summed E-state index contributed by atoms with van der Waals surface area (Å²) in [6, 6.07) is 0.533. The molecule has 2 N–H and O–H groups in total. The van der Waals surface area contributed by atoms with E-state index >= 15 is 0 Å². The van der Waals surface area contributed by atoms with Crippen LogP contribution in [0.15, 0.2) is 0 Å². The van der Waals surface area contributed by atoms with Gasteiger partial charge in [0.1, 0.15) is 0 Å². The first-order chi connectivity index (χ1) is 7.60. The predicted molar refractivity (Wildman–Crippen MR) is 67.4 cm³/mol. The molecule has 0 saturated heterocycles. The van der Waals surface area contributed by atoms with Crippen molar-refractivity contribution in [3.8, 4) is 0 Å². The van der Waals surface area contributed by atoms with Crippen molar-refractivity contribution in [3.63, 3.8) is 0 Å². The molecule has 0 aliphatic heterocycles. The minimum absolute atomic E-state index is 0.0880. The van der Waals surface area contributed by atoms with Crippen LogP contribution in [0.25, 0.3) is 0 Å². The van der Waals surface area contributed by atoms with Gasteiger partial charge in [0.15, 0.2) is 0 Å². The smallest absolute Gasteiger partial charge is 0.0621 e. The van der Waals surface area contributed by atoms with Gasteiger partial charge in [0.2, 0.25) is 0 Å². The Hall–Kier alpha value is -0.0800. The second-order valence-corrected chi connectivity index (χ2v) is 6.39. The van der Waals surface area contributed by atoms with Crippen LogP contribution in [0.3, 0.4) is 0 Å². The normalized spacial score (nSPS) is 35.4. The van der Waals surface area contributed by atoms with Crippen molar-refractivity contribution in [1.29, 1.82) is 0 Å². The average Bonchev–Trinajstić information content (AvgIpc) is 2.52. The van der Waals surface area contributed by atoms with E-state index in [1.807, 2.05) is 0 Å². The topological polar surface area (TPSA) is 32.3 Å². The molecule has 2 heteroatoms. The number of rotatable bonds is 3. The van der Waals surface area contributed by atoms with E-state index in [2.05, 4.69) is 19.2 Å². The molecule has 0 aromatic rings. The van der Waals surface area contributed by atoms with Gasteiger partial charge in [0, 0.05) is 11.5 Å². The summed E-state index contributed by atoms with van der Waals surface area (Å²) >= 11 is 0. The average molecular weight is 225 g/mol. The van der Waals surface area contributed by atoms with Crippen molar-refractivity contribution in [2.75, 3.05) is 6.54 Å². The molecule has 2 atom stereocenters. The minimum atomic E-state index is -0.0980. The van der Waals surface area contributed by atoms with E-state index < -0.39 is 0 Å². The molecule has 2 fully saturated rings. The van der Waals surface area contributed by atoms with Crippen molar-refractivity contribution in [2.45, 2.75) is 70.9 Å². The molecule has 2 nitrogen and oxygen atoms in total. The zero-order chi connectivity index (χ0) is 11.6. The fraction of sp³-hybridized carbons (Fsp3) is 1.00. The van der Waals surface area contributed by atoms with Crippen molar-refractivity contribution in [2.24, 2.45) is 11.3 Å². The Kier molecular flexibility index (Phi) is 3.91. The van der Waals surface area contributed by atoms with Crippen molar-refractivity contribution < 1.29 is 5.11 Å². The largest absolute Gasteiger partial charge is 0.392 e. The monoisotopic (exact) mass is 225 g/mol. The van der Waals surface area contributed by atoms with Crippen LogP contribution in [0, 0.1) is 11.3 Å². The minimum Gasteiger partial charge on any atom is -0.392 e. The third kappa shape index (κ3) is 2.60. The summed E-state index contributed by atoms with van der Waals surface area (Å²) < 4.78 is 0. The molecule has 0 aromatic carbocycles. The molecule has 94 valence electrons. The molecule has 2 unspecified atom stereocenters. The Morgan fingerprint density at radius 3 is 2.25 bits per heavy atom. The van der Waals surface area contributed by atoms with Gasteiger partial charge in [0.25, 0.3) is 0 Å². The highest BCUT2D eigenvalue weighted by molar-refractivity contribution is 5.01. The Balaban J connectivity index is 1.71. The van der Waals surface area contributed by atoms with E-state index in [1.165, 1.54) is 45.1 Å². The summed E-state index contributed by atoms with van der Waals surface area (Å²) in [5, 5.41) is 13.4. The van der Waals surface area contributed by atoms with E-state index in [9.17, 15) is 5.11 Å². The molecule has 0 radical (unpaired) electrons. The van der Waals surface area contributed by atoms with Crippen LogP contribution in [-0.4, -0.2) is 23.8 Å². The SMILES string of the molecule is CC1(C)C(O)CC1NCC1CCCCCC1. The summed E-state index contributed by atoms with van der Waals surface area (Å²) in [5.41, 5.74) is 0.0880. The summed E-state index contributed by atoms with van der Waals surface area (Å²) in [5.74, 6) is 0.885. The predicted octanol–water partition coefficient (Wildman–Crippen LogP) is 2.71. The Morgan fingerprint density at radius 2 is 1.75 bits per heavy atom. The molecule has 0 heterocycles. The molecule has 2 aliphatic rings. The quantitative estimate of drug-likeness (QED) is 0.724. The number of hydrogen-bond donors (Lipinski definition) is 2. The maximum Gasteiger partial charge on any atom is 0.0621 e. The number of nitrogens with one attached hydrogen (secondary N) is 1. The maximum absolute atomic E-state index is 9.69. The van der Waals surface area contributed by atoms with Gasteiger partial charge >= 0.3 is 0 Å². The van der Waals surface area contributed by atoms with Crippen LogP contribution < -0.4 is 5.32 Å². The molecule has 0 spiro atoms. The number of aliphatic hydroxyl groups excluding tert-OH is 1. The van der Waals surface area contributed by atoms with Gasteiger partial charge in [-0.1, -0.05) is 39.5 Å². The number of hydrogen-bond acceptors (Lipinski definition) is 2. The standard InChI is InChI=1S/C14H27NO/c1-14(2)12(9-13(14)16)15-10-11-7-5-3-4-6-8-11/h11-13,15-16H,3-10H2,1-2H3. The van der Waals surface area contributed by atoms with E-state index in [1.54, 1.807) is 0 Å². The third-order valence-corrected chi connectivity index (χ3v) is 4.84. The van der Waals surface area contributed by atoms with E-state index in [-0.39, 0.29) is 11.5 Å². The summed E-state index contributed by atoms with van der Waals surface area (Å²) in [4.78, 5) is 0. The van der Waals surface area contributed by atoms with Gasteiger partial charge in [-0.05, 0) is 31.7 Å². The summed E-state index contributed by atoms with van der Waals surface area (Å²) in [6.07, 6.45) is 9.37. The van der Waals surface area contributed by atoms with Gasteiger partial charge in [-0.15, -0.1) is 0 Å². The van der Waals surface area contributed by atoms with Crippen molar-refractivity contribution in [3.05, 3.63) is 0 Å². The van der Waals surface area contributed by atoms with Crippen molar-refractivity contribution in [1.82, 2.24) is 5.32 Å². The molecular weight excluding hydrogens is 198 g/mol. The van der Waals surface area contributed by atoms with Crippen LogP contribution in [0.4, 0.5) is 0 Å². The molecule has 0 bridgehead atoms. The second-order valence-electron chi connectivity index (χ2n) is 6.39. The molecule has 0 amide bonds. The molecule has 0 aromatic heterocycles. The highest BCUT2D eigenvalue weighted by atomic mass is 16.3. The second kappa shape index (κ2) is 5.05. The van der Waals surface area contributed by atoms with Gasteiger partial charge < -0.3 is 10.4 Å². The lowest BCUT2D eigenvalue weighted by molar-refractivity contribution is -0.0733. The Bertz CT molecular complexity index is 219. The third-order valence-electron chi connectivity index (χ3n) is 4.84. The maximum atomic E-state index is 9.69.